The molecule has 0 atom stereocenters. The largest absolute Gasteiger partial charge is 0.497 e. The molecule has 28 heavy (non-hydrogen) atoms. The Morgan fingerprint density at radius 3 is 2.61 bits per heavy atom. The summed E-state index contributed by atoms with van der Waals surface area (Å²) in [5.74, 6) is -0.220. The molecule has 0 saturated carbocycles. The molecule has 0 unspecified atom stereocenters. The van der Waals surface area contributed by atoms with Gasteiger partial charge in [-0.05, 0) is 42.0 Å². The van der Waals surface area contributed by atoms with E-state index in [0.29, 0.717) is 11.3 Å². The minimum atomic E-state index is -0.890. The number of nitro groups is 1. The predicted octanol–water partition coefficient (Wildman–Crippen LogP) is 3.66. The Kier molecular flexibility index (Phi) is 5.28. The Morgan fingerprint density at radius 1 is 1.21 bits per heavy atom. The fourth-order valence-corrected chi connectivity index (χ4v) is 2.53. The maximum atomic E-state index is 12.4. The number of rotatable bonds is 5. The van der Waals surface area contributed by atoms with E-state index in [1.807, 2.05) is 0 Å². The lowest BCUT2D eigenvalue weighted by Crippen LogP contribution is -2.11. The highest BCUT2D eigenvalue weighted by molar-refractivity contribution is 6.01. The molecule has 0 N–H and O–H groups in total. The number of nitro benzene ring substituents is 1. The van der Waals surface area contributed by atoms with Gasteiger partial charge < -0.3 is 9.47 Å². The SMILES string of the molecule is COc1ccc(C=C(C#N)C(=O)Oc2ccc([N+](=O)[O-])c3cccnc23)cc1. The zero-order valence-corrected chi connectivity index (χ0v) is 14.7. The average molecular weight is 375 g/mol. The summed E-state index contributed by atoms with van der Waals surface area (Å²) in [6, 6.07) is 14.1. The number of nitrogens with zero attached hydrogens (tertiary/aromatic N) is 3. The van der Waals surface area contributed by atoms with Crippen molar-refractivity contribution in [3.8, 4) is 17.6 Å². The average Bonchev–Trinajstić information content (AvgIpc) is 2.72. The van der Waals surface area contributed by atoms with E-state index < -0.39 is 10.9 Å². The van der Waals surface area contributed by atoms with Crippen molar-refractivity contribution < 1.29 is 19.2 Å². The van der Waals surface area contributed by atoms with Crippen molar-refractivity contribution in [1.82, 2.24) is 4.98 Å². The second-order valence-electron chi connectivity index (χ2n) is 5.57. The first-order chi connectivity index (χ1) is 13.5. The van der Waals surface area contributed by atoms with E-state index in [1.54, 1.807) is 36.4 Å². The maximum Gasteiger partial charge on any atom is 0.354 e. The Morgan fingerprint density at radius 2 is 1.96 bits per heavy atom. The normalized spacial score (nSPS) is 10.9. The number of methoxy groups -OCH3 is 1. The first-order valence-corrected chi connectivity index (χ1v) is 8.03. The molecule has 8 heteroatoms. The van der Waals surface area contributed by atoms with Gasteiger partial charge in [0.25, 0.3) is 5.69 Å². The Hall–Kier alpha value is -4.25. The third-order valence-corrected chi connectivity index (χ3v) is 3.88. The fourth-order valence-electron chi connectivity index (χ4n) is 2.53. The number of hydrogen-bond donors (Lipinski definition) is 0. The molecule has 8 nitrogen and oxygen atoms in total. The van der Waals surface area contributed by atoms with Crippen molar-refractivity contribution >= 4 is 28.6 Å². The highest BCUT2D eigenvalue weighted by atomic mass is 16.6. The van der Waals surface area contributed by atoms with Crippen molar-refractivity contribution in [3.63, 3.8) is 0 Å². The molecule has 0 radical (unpaired) electrons. The molecule has 0 aliphatic heterocycles. The zero-order valence-electron chi connectivity index (χ0n) is 14.7. The van der Waals surface area contributed by atoms with Gasteiger partial charge in [0.2, 0.25) is 0 Å². The first-order valence-electron chi connectivity index (χ1n) is 8.03. The number of aromatic nitrogens is 1. The van der Waals surface area contributed by atoms with Gasteiger partial charge in [-0.3, -0.25) is 15.1 Å². The molecular weight excluding hydrogens is 362 g/mol. The van der Waals surface area contributed by atoms with Gasteiger partial charge in [0.05, 0.1) is 17.4 Å². The van der Waals surface area contributed by atoms with Crippen LogP contribution in [-0.2, 0) is 4.79 Å². The van der Waals surface area contributed by atoms with Crippen molar-refractivity contribution in [2.24, 2.45) is 0 Å². The van der Waals surface area contributed by atoms with Crippen LogP contribution in [0.4, 0.5) is 5.69 Å². The second kappa shape index (κ2) is 7.97. The summed E-state index contributed by atoms with van der Waals surface area (Å²) < 4.78 is 10.4. The topological polar surface area (TPSA) is 115 Å². The third-order valence-electron chi connectivity index (χ3n) is 3.88. The lowest BCUT2D eigenvalue weighted by atomic mass is 10.1. The quantitative estimate of drug-likeness (QED) is 0.167. The van der Waals surface area contributed by atoms with Crippen LogP contribution in [0.3, 0.4) is 0 Å². The van der Waals surface area contributed by atoms with Crippen molar-refractivity contribution in [2.45, 2.75) is 0 Å². The number of non-ortho nitro benzene ring substituents is 1. The number of carbonyl (C=O) groups excluding carboxylic acids is 1. The van der Waals surface area contributed by atoms with E-state index in [2.05, 4.69) is 4.98 Å². The number of pyridine rings is 1. The molecule has 0 spiro atoms. The lowest BCUT2D eigenvalue weighted by molar-refractivity contribution is -0.383. The minimum Gasteiger partial charge on any atom is -0.497 e. The van der Waals surface area contributed by atoms with E-state index in [-0.39, 0.29) is 27.9 Å². The number of benzene rings is 2. The lowest BCUT2D eigenvalue weighted by Gasteiger charge is -2.07. The van der Waals surface area contributed by atoms with E-state index in [1.165, 1.54) is 37.6 Å². The molecule has 0 fully saturated rings. The van der Waals surface area contributed by atoms with Crippen LogP contribution in [0.2, 0.25) is 0 Å². The Balaban J connectivity index is 1.93. The van der Waals surface area contributed by atoms with Crippen LogP contribution in [0.15, 0.2) is 60.3 Å². The molecule has 138 valence electrons. The zero-order chi connectivity index (χ0) is 20.1. The molecule has 3 rings (SSSR count). The smallest absolute Gasteiger partial charge is 0.354 e. The maximum absolute atomic E-state index is 12.4. The van der Waals surface area contributed by atoms with Gasteiger partial charge in [0, 0.05) is 12.3 Å². The molecule has 1 heterocycles. The summed E-state index contributed by atoms with van der Waals surface area (Å²) >= 11 is 0. The molecule has 0 bridgehead atoms. The van der Waals surface area contributed by atoms with Crippen LogP contribution in [0, 0.1) is 21.4 Å². The van der Waals surface area contributed by atoms with Gasteiger partial charge in [0.15, 0.2) is 5.75 Å². The number of ether oxygens (including phenoxy) is 2. The standard InChI is InChI=1S/C20H13N3O5/c1-27-15-6-4-13(5-7-15)11-14(12-21)20(24)28-18-9-8-17(23(25)26)16-3-2-10-22-19(16)18/h2-11H,1H3. The number of hydrogen-bond acceptors (Lipinski definition) is 7. The van der Waals surface area contributed by atoms with E-state index >= 15 is 0 Å². The predicted molar refractivity (Wildman–Crippen MR) is 101 cm³/mol. The monoisotopic (exact) mass is 375 g/mol. The van der Waals surface area contributed by atoms with E-state index in [4.69, 9.17) is 9.47 Å². The van der Waals surface area contributed by atoms with Crippen LogP contribution < -0.4 is 9.47 Å². The molecule has 0 aliphatic carbocycles. The van der Waals surface area contributed by atoms with Gasteiger partial charge >= 0.3 is 5.97 Å². The number of nitriles is 1. The van der Waals surface area contributed by atoms with Crippen LogP contribution in [0.1, 0.15) is 5.56 Å². The van der Waals surface area contributed by atoms with Crippen molar-refractivity contribution in [3.05, 3.63) is 76.0 Å². The van der Waals surface area contributed by atoms with Gasteiger partial charge in [-0.2, -0.15) is 5.26 Å². The molecule has 2 aromatic carbocycles. The van der Waals surface area contributed by atoms with Crippen LogP contribution in [-0.4, -0.2) is 23.0 Å². The second-order valence-corrected chi connectivity index (χ2v) is 5.57. The van der Waals surface area contributed by atoms with Gasteiger partial charge in [-0.15, -0.1) is 0 Å². The summed E-state index contributed by atoms with van der Waals surface area (Å²) in [5, 5.41) is 20.7. The van der Waals surface area contributed by atoms with Crippen molar-refractivity contribution in [1.29, 1.82) is 5.26 Å². The van der Waals surface area contributed by atoms with Gasteiger partial charge in [0.1, 0.15) is 22.9 Å². The van der Waals surface area contributed by atoms with Gasteiger partial charge in [-0.1, -0.05) is 12.1 Å². The number of carbonyl (C=O) groups is 1. The molecule has 0 amide bonds. The summed E-state index contributed by atoms with van der Waals surface area (Å²) in [4.78, 5) is 27.1. The summed E-state index contributed by atoms with van der Waals surface area (Å²) in [6.07, 6.45) is 2.81. The Bertz CT molecular complexity index is 1130. The number of esters is 1. The fraction of sp³-hybridized carbons (Fsp3) is 0.0500. The summed E-state index contributed by atoms with van der Waals surface area (Å²) in [7, 11) is 1.53. The summed E-state index contributed by atoms with van der Waals surface area (Å²) in [5.41, 5.74) is 0.387. The molecule has 3 aromatic rings. The highest BCUT2D eigenvalue weighted by Crippen LogP contribution is 2.31. The molecule has 0 saturated heterocycles. The minimum absolute atomic E-state index is 0.0297. The summed E-state index contributed by atoms with van der Waals surface area (Å²) in [6.45, 7) is 0. The highest BCUT2D eigenvalue weighted by Gasteiger charge is 2.19. The van der Waals surface area contributed by atoms with Gasteiger partial charge in [-0.25, -0.2) is 4.79 Å². The molecular formula is C20H13N3O5. The molecule has 0 aliphatic rings. The van der Waals surface area contributed by atoms with Crippen LogP contribution >= 0.6 is 0 Å². The van der Waals surface area contributed by atoms with E-state index in [9.17, 15) is 20.2 Å². The number of fused-ring (bicyclic) bond motifs is 1. The van der Waals surface area contributed by atoms with Crippen LogP contribution in [0.5, 0.6) is 11.5 Å². The molecule has 1 aromatic heterocycles. The van der Waals surface area contributed by atoms with Crippen molar-refractivity contribution in [2.75, 3.05) is 7.11 Å². The first kappa shape index (κ1) is 18.5. The third kappa shape index (κ3) is 3.78. The van der Waals surface area contributed by atoms with Crippen LogP contribution in [0.25, 0.3) is 17.0 Å². The Labute approximate surface area is 159 Å². The van der Waals surface area contributed by atoms with E-state index in [0.717, 1.165) is 0 Å².